The Morgan fingerprint density at radius 1 is 0.830 bits per heavy atom. The Balaban J connectivity index is 2.09. The lowest BCUT2D eigenvalue weighted by atomic mass is 9.96. The maximum atomic E-state index is 14.8. The monoisotopic (exact) mass is 643 g/mol. The van der Waals surface area contributed by atoms with E-state index < -0.39 is 23.8 Å². The maximum absolute atomic E-state index is 14.8. The second-order valence-electron chi connectivity index (χ2n) is 13.4. The van der Waals surface area contributed by atoms with Crippen molar-refractivity contribution in [3.63, 3.8) is 0 Å². The Kier molecular flexibility index (Phi) is 13.9. The number of benzene rings is 3. The van der Waals surface area contributed by atoms with Gasteiger partial charge in [-0.3, -0.25) is 9.59 Å². The molecule has 3 rings (SSSR count). The van der Waals surface area contributed by atoms with Gasteiger partial charge in [-0.15, -0.1) is 0 Å². The number of hydrogen-bond acceptors (Lipinski definition) is 5. The molecule has 0 aliphatic carbocycles. The molecule has 3 N–H and O–H groups in total. The molecule has 3 aromatic rings. The number of aryl methyl sites for hydroxylation is 3. The van der Waals surface area contributed by atoms with Gasteiger partial charge in [-0.1, -0.05) is 87.6 Å². The van der Waals surface area contributed by atoms with Crippen LogP contribution in [-0.2, 0) is 20.7 Å². The summed E-state index contributed by atoms with van der Waals surface area (Å²) in [7, 11) is 0. The molecule has 0 saturated heterocycles. The van der Waals surface area contributed by atoms with Crippen LogP contribution in [0.25, 0.3) is 0 Å². The Morgan fingerprint density at radius 3 is 2.13 bits per heavy atom. The smallest absolute Gasteiger partial charge is 0.408 e. The molecule has 0 aliphatic rings. The van der Waals surface area contributed by atoms with Crippen LogP contribution in [0.5, 0.6) is 5.75 Å². The van der Waals surface area contributed by atoms with Crippen molar-refractivity contribution in [3.8, 4) is 5.75 Å². The van der Waals surface area contributed by atoms with Gasteiger partial charge in [0.05, 0.1) is 0 Å². The molecule has 254 valence electrons. The van der Waals surface area contributed by atoms with Gasteiger partial charge in [0.2, 0.25) is 5.91 Å². The first kappa shape index (κ1) is 37.1. The SMILES string of the molecule is CCCCCCCCN(C(=O)C(Cc1ccc(O)cc1)NC(=O)OC(C)(C)C)C(C(=O)Nc1ccccc1C)c1ccc(C)c(C)c1. The van der Waals surface area contributed by atoms with Gasteiger partial charge in [0.25, 0.3) is 5.91 Å². The molecule has 0 fully saturated rings. The highest BCUT2D eigenvalue weighted by molar-refractivity contribution is 5.99. The van der Waals surface area contributed by atoms with Gasteiger partial charge < -0.3 is 25.4 Å². The van der Waals surface area contributed by atoms with Crippen LogP contribution in [0.3, 0.4) is 0 Å². The van der Waals surface area contributed by atoms with Crippen LogP contribution in [-0.4, -0.2) is 46.1 Å². The van der Waals surface area contributed by atoms with Crippen molar-refractivity contribution in [1.82, 2.24) is 10.2 Å². The minimum absolute atomic E-state index is 0.101. The summed E-state index contributed by atoms with van der Waals surface area (Å²) in [4.78, 5) is 43.9. The van der Waals surface area contributed by atoms with Crippen molar-refractivity contribution in [1.29, 1.82) is 0 Å². The zero-order valence-corrected chi connectivity index (χ0v) is 29.2. The lowest BCUT2D eigenvalue weighted by Crippen LogP contribution is -2.53. The van der Waals surface area contributed by atoms with Gasteiger partial charge in [-0.05, 0) is 94.0 Å². The summed E-state index contributed by atoms with van der Waals surface area (Å²) in [6.45, 7) is 13.7. The van der Waals surface area contributed by atoms with Crippen LogP contribution >= 0.6 is 0 Å². The molecule has 0 heterocycles. The summed E-state index contributed by atoms with van der Waals surface area (Å²) in [6, 6.07) is 17.9. The summed E-state index contributed by atoms with van der Waals surface area (Å²) < 4.78 is 5.56. The molecular weight excluding hydrogens is 590 g/mol. The zero-order chi connectivity index (χ0) is 34.6. The summed E-state index contributed by atoms with van der Waals surface area (Å²) in [5, 5.41) is 15.8. The Labute approximate surface area is 280 Å². The normalized spacial score (nSPS) is 12.6. The number of rotatable bonds is 15. The standard InChI is InChI=1S/C39H53N3O5/c1-8-9-10-11-12-15-24-42(37(45)34(41-38(46)47-39(5,6)7)26-30-19-22-32(43)23-20-30)35(31-21-18-27(2)29(4)25-31)36(44)40-33-17-14-13-16-28(33)3/h13-14,16-23,25,34-35,43H,8-12,15,24,26H2,1-7H3,(H,40,44)(H,41,46). The lowest BCUT2D eigenvalue weighted by Gasteiger charge is -2.35. The third kappa shape index (κ3) is 11.8. The minimum Gasteiger partial charge on any atom is -0.508 e. The van der Waals surface area contributed by atoms with Crippen LogP contribution in [0.2, 0.25) is 0 Å². The second kappa shape index (κ2) is 17.5. The van der Waals surface area contributed by atoms with E-state index in [1.807, 2.05) is 63.2 Å². The second-order valence-corrected chi connectivity index (χ2v) is 13.4. The summed E-state index contributed by atoms with van der Waals surface area (Å²) in [6.07, 6.45) is 5.47. The molecule has 47 heavy (non-hydrogen) atoms. The van der Waals surface area contributed by atoms with Crippen molar-refractivity contribution in [2.75, 3.05) is 11.9 Å². The molecule has 8 nitrogen and oxygen atoms in total. The first-order valence-corrected chi connectivity index (χ1v) is 16.8. The number of phenols is 1. The highest BCUT2D eigenvalue weighted by Gasteiger charge is 2.36. The van der Waals surface area contributed by atoms with Gasteiger partial charge in [0, 0.05) is 18.7 Å². The number of nitrogens with one attached hydrogen (secondary N) is 2. The fraction of sp³-hybridized carbons (Fsp3) is 0.462. The zero-order valence-electron chi connectivity index (χ0n) is 29.2. The predicted octanol–water partition coefficient (Wildman–Crippen LogP) is 8.32. The third-order valence-corrected chi connectivity index (χ3v) is 8.21. The van der Waals surface area contributed by atoms with Gasteiger partial charge in [0.1, 0.15) is 23.4 Å². The van der Waals surface area contributed by atoms with E-state index >= 15 is 0 Å². The minimum atomic E-state index is -1.03. The molecule has 0 saturated carbocycles. The molecule has 2 unspecified atom stereocenters. The van der Waals surface area contributed by atoms with E-state index in [4.69, 9.17) is 4.74 Å². The average molecular weight is 644 g/mol. The van der Waals surface area contributed by atoms with E-state index in [1.165, 1.54) is 0 Å². The van der Waals surface area contributed by atoms with Crippen LogP contribution < -0.4 is 10.6 Å². The molecule has 0 radical (unpaired) electrons. The number of unbranched alkanes of at least 4 members (excludes halogenated alkanes) is 5. The van der Waals surface area contributed by atoms with Gasteiger partial charge >= 0.3 is 6.09 Å². The molecule has 0 bridgehead atoms. The summed E-state index contributed by atoms with van der Waals surface area (Å²) in [5.41, 5.74) is 4.33. The number of alkyl carbamates (subject to hydrolysis) is 1. The van der Waals surface area contributed by atoms with Crippen LogP contribution in [0.1, 0.15) is 100 Å². The first-order valence-electron chi connectivity index (χ1n) is 16.8. The largest absolute Gasteiger partial charge is 0.508 e. The highest BCUT2D eigenvalue weighted by atomic mass is 16.6. The quantitative estimate of drug-likeness (QED) is 0.144. The number of aromatic hydroxyl groups is 1. The van der Waals surface area contributed by atoms with Crippen molar-refractivity contribution in [2.24, 2.45) is 0 Å². The van der Waals surface area contributed by atoms with Crippen molar-refractivity contribution in [3.05, 3.63) is 94.5 Å². The van der Waals surface area contributed by atoms with Gasteiger partial charge in [0.15, 0.2) is 0 Å². The molecule has 8 heteroatoms. The Hall–Kier alpha value is -4.33. The topological polar surface area (TPSA) is 108 Å². The van der Waals surface area contributed by atoms with E-state index in [1.54, 1.807) is 49.9 Å². The van der Waals surface area contributed by atoms with Crippen molar-refractivity contribution in [2.45, 2.75) is 111 Å². The maximum Gasteiger partial charge on any atom is 0.408 e. The average Bonchev–Trinajstić information content (AvgIpc) is 3.00. The molecule has 3 aromatic carbocycles. The number of carbonyl (C=O) groups excluding carboxylic acids is 3. The number of amides is 3. The number of anilines is 1. The summed E-state index contributed by atoms with van der Waals surface area (Å²) in [5.74, 6) is -0.618. The lowest BCUT2D eigenvalue weighted by molar-refractivity contribution is -0.140. The molecule has 0 aromatic heterocycles. The van der Waals surface area contributed by atoms with E-state index in [0.29, 0.717) is 24.2 Å². The number of ether oxygens (including phenoxy) is 1. The molecule has 2 atom stereocenters. The van der Waals surface area contributed by atoms with E-state index in [2.05, 4.69) is 17.6 Å². The number of nitrogens with zero attached hydrogens (tertiary/aromatic N) is 1. The third-order valence-electron chi connectivity index (χ3n) is 8.21. The van der Waals surface area contributed by atoms with Crippen LogP contribution in [0.15, 0.2) is 66.7 Å². The number of para-hydroxylation sites is 1. The number of phenolic OH excluding ortho intramolecular Hbond substituents is 1. The molecule has 3 amide bonds. The van der Waals surface area contributed by atoms with Crippen LogP contribution in [0.4, 0.5) is 10.5 Å². The molecule has 0 aliphatic heterocycles. The number of hydrogen-bond donors (Lipinski definition) is 3. The first-order chi connectivity index (χ1) is 22.3. The number of carbonyl (C=O) groups is 3. The van der Waals surface area contributed by atoms with E-state index in [9.17, 15) is 19.5 Å². The van der Waals surface area contributed by atoms with Gasteiger partial charge in [-0.2, -0.15) is 0 Å². The van der Waals surface area contributed by atoms with Crippen molar-refractivity contribution < 1.29 is 24.2 Å². The predicted molar refractivity (Wildman–Crippen MR) is 189 cm³/mol. The highest BCUT2D eigenvalue weighted by Crippen LogP contribution is 2.28. The van der Waals surface area contributed by atoms with Crippen LogP contribution in [0, 0.1) is 20.8 Å². The summed E-state index contributed by atoms with van der Waals surface area (Å²) >= 11 is 0. The fourth-order valence-electron chi connectivity index (χ4n) is 5.47. The van der Waals surface area contributed by atoms with E-state index in [-0.39, 0.29) is 24.0 Å². The van der Waals surface area contributed by atoms with Gasteiger partial charge in [-0.25, -0.2) is 4.79 Å². The van der Waals surface area contributed by atoms with E-state index in [0.717, 1.165) is 54.4 Å². The Morgan fingerprint density at radius 2 is 1.49 bits per heavy atom. The fourth-order valence-corrected chi connectivity index (χ4v) is 5.47. The van der Waals surface area contributed by atoms with Crippen molar-refractivity contribution >= 4 is 23.6 Å². The Bertz CT molecular complexity index is 1480. The molecule has 0 spiro atoms. The molecular formula is C39H53N3O5.